The van der Waals surface area contributed by atoms with Crippen LogP contribution in [0.15, 0.2) is 72.8 Å². The smallest absolute Gasteiger partial charge is 0.123 e. The summed E-state index contributed by atoms with van der Waals surface area (Å²) in [4.78, 5) is 5.03. The molecule has 1 aliphatic heterocycles. The maximum absolute atomic E-state index is 13.4. The van der Waals surface area contributed by atoms with Gasteiger partial charge in [-0.1, -0.05) is 54.1 Å². The van der Waals surface area contributed by atoms with Crippen LogP contribution in [0.3, 0.4) is 0 Å². The summed E-state index contributed by atoms with van der Waals surface area (Å²) in [5, 5.41) is 0. The standard InChI is InChI=1S/C26H29FN2O/c1-20-4-6-21(7-5-20)18-28-16-3-17-29(19-22-8-12-24(27)13-9-22)26(28)23-10-14-25(30-2)15-11-23/h4-15,26H,3,16-19H2,1-2H3/t26-/m0/s1. The van der Waals surface area contributed by atoms with Gasteiger partial charge in [-0.25, -0.2) is 4.39 Å². The molecule has 0 amide bonds. The fourth-order valence-corrected chi connectivity index (χ4v) is 4.23. The molecule has 3 aromatic rings. The second kappa shape index (κ2) is 9.41. The average Bonchev–Trinajstić information content (AvgIpc) is 2.77. The van der Waals surface area contributed by atoms with Crippen LogP contribution >= 0.6 is 0 Å². The molecule has 0 N–H and O–H groups in total. The van der Waals surface area contributed by atoms with Gasteiger partial charge < -0.3 is 4.74 Å². The Balaban J connectivity index is 1.62. The van der Waals surface area contributed by atoms with Gasteiger partial charge in [0.2, 0.25) is 0 Å². The van der Waals surface area contributed by atoms with Gasteiger partial charge in [-0.3, -0.25) is 9.80 Å². The van der Waals surface area contributed by atoms with Crippen molar-refractivity contribution in [2.75, 3.05) is 20.2 Å². The predicted molar refractivity (Wildman–Crippen MR) is 119 cm³/mol. The molecule has 0 bridgehead atoms. The van der Waals surface area contributed by atoms with Gasteiger partial charge in [0.1, 0.15) is 11.6 Å². The second-order valence-electron chi connectivity index (χ2n) is 8.05. The molecular formula is C26H29FN2O. The minimum atomic E-state index is -0.190. The van der Waals surface area contributed by atoms with Crippen molar-refractivity contribution in [3.05, 3.63) is 101 Å². The molecule has 1 atom stereocenters. The summed E-state index contributed by atoms with van der Waals surface area (Å²) in [6, 6.07) is 24.1. The number of ether oxygens (including phenoxy) is 1. The Labute approximate surface area is 178 Å². The Morgan fingerprint density at radius 3 is 1.87 bits per heavy atom. The predicted octanol–water partition coefficient (Wildman–Crippen LogP) is 5.55. The molecule has 4 rings (SSSR count). The van der Waals surface area contributed by atoms with E-state index in [1.807, 2.05) is 24.3 Å². The number of benzene rings is 3. The van der Waals surface area contributed by atoms with Gasteiger partial charge in [0.05, 0.1) is 13.3 Å². The van der Waals surface area contributed by atoms with Crippen LogP contribution in [0.2, 0.25) is 0 Å². The molecule has 0 unspecified atom stereocenters. The maximum atomic E-state index is 13.4. The van der Waals surface area contributed by atoms with E-state index in [0.29, 0.717) is 0 Å². The first-order valence-electron chi connectivity index (χ1n) is 10.5. The molecule has 3 aromatic carbocycles. The van der Waals surface area contributed by atoms with Crippen LogP contribution in [0.4, 0.5) is 4.39 Å². The molecular weight excluding hydrogens is 375 g/mol. The third kappa shape index (κ3) is 4.89. The van der Waals surface area contributed by atoms with Crippen LogP contribution < -0.4 is 4.74 Å². The lowest BCUT2D eigenvalue weighted by molar-refractivity contribution is -0.00912. The van der Waals surface area contributed by atoms with E-state index in [2.05, 4.69) is 53.1 Å². The van der Waals surface area contributed by atoms with Crippen molar-refractivity contribution in [1.82, 2.24) is 9.80 Å². The number of hydrogen-bond acceptors (Lipinski definition) is 3. The quantitative estimate of drug-likeness (QED) is 0.536. The molecule has 1 heterocycles. The van der Waals surface area contributed by atoms with Crippen molar-refractivity contribution in [3.63, 3.8) is 0 Å². The minimum Gasteiger partial charge on any atom is -0.497 e. The van der Waals surface area contributed by atoms with Crippen LogP contribution in [-0.4, -0.2) is 30.0 Å². The molecule has 3 nitrogen and oxygen atoms in total. The third-order valence-corrected chi connectivity index (χ3v) is 5.80. The Hall–Kier alpha value is -2.69. The van der Waals surface area contributed by atoms with E-state index in [9.17, 15) is 4.39 Å². The molecule has 1 saturated heterocycles. The highest BCUT2D eigenvalue weighted by Crippen LogP contribution is 2.33. The van der Waals surface area contributed by atoms with Crippen molar-refractivity contribution in [1.29, 1.82) is 0 Å². The Bertz CT molecular complexity index is 883. The lowest BCUT2D eigenvalue weighted by Crippen LogP contribution is -2.46. The number of halogens is 1. The molecule has 0 aromatic heterocycles. The summed E-state index contributed by atoms with van der Waals surface area (Å²) in [6.45, 7) is 5.87. The highest BCUT2D eigenvalue weighted by Gasteiger charge is 2.30. The number of rotatable bonds is 6. The zero-order valence-electron chi connectivity index (χ0n) is 17.7. The summed E-state index contributed by atoms with van der Waals surface area (Å²) in [5.74, 6) is 0.676. The van der Waals surface area contributed by atoms with Crippen LogP contribution in [0.1, 0.15) is 34.8 Å². The van der Waals surface area contributed by atoms with E-state index >= 15 is 0 Å². The average molecular weight is 405 g/mol. The van der Waals surface area contributed by atoms with Crippen molar-refractivity contribution < 1.29 is 9.13 Å². The minimum absolute atomic E-state index is 0.163. The van der Waals surface area contributed by atoms with Gasteiger partial charge in [-0.05, 0) is 54.3 Å². The second-order valence-corrected chi connectivity index (χ2v) is 8.05. The van der Waals surface area contributed by atoms with Crippen LogP contribution in [-0.2, 0) is 13.1 Å². The summed E-state index contributed by atoms with van der Waals surface area (Å²) in [5.41, 5.74) is 4.99. The SMILES string of the molecule is COc1ccc([C@H]2N(Cc3ccc(C)cc3)CCCN2Cc2ccc(F)cc2)cc1. The normalized spacial score (nSPS) is 17.8. The summed E-state index contributed by atoms with van der Waals surface area (Å²) in [7, 11) is 1.69. The van der Waals surface area contributed by atoms with Crippen LogP contribution in [0, 0.1) is 12.7 Å². The van der Waals surface area contributed by atoms with Crippen LogP contribution in [0.25, 0.3) is 0 Å². The van der Waals surface area contributed by atoms with E-state index < -0.39 is 0 Å². The van der Waals surface area contributed by atoms with Gasteiger partial charge in [-0.15, -0.1) is 0 Å². The Morgan fingerprint density at radius 2 is 1.33 bits per heavy atom. The zero-order valence-corrected chi connectivity index (χ0v) is 17.7. The van der Waals surface area contributed by atoms with Crippen molar-refractivity contribution in [2.24, 2.45) is 0 Å². The fourth-order valence-electron chi connectivity index (χ4n) is 4.23. The fraction of sp³-hybridized carbons (Fsp3) is 0.308. The van der Waals surface area contributed by atoms with Gasteiger partial charge in [0.25, 0.3) is 0 Å². The largest absolute Gasteiger partial charge is 0.497 e. The third-order valence-electron chi connectivity index (χ3n) is 5.80. The van der Waals surface area contributed by atoms with Gasteiger partial charge in [0.15, 0.2) is 0 Å². The summed E-state index contributed by atoms with van der Waals surface area (Å²) in [6.07, 6.45) is 1.27. The molecule has 0 saturated carbocycles. The molecule has 0 aliphatic carbocycles. The highest BCUT2D eigenvalue weighted by atomic mass is 19.1. The van der Waals surface area contributed by atoms with E-state index in [0.717, 1.165) is 43.9 Å². The Kier molecular flexibility index (Phi) is 6.46. The van der Waals surface area contributed by atoms with E-state index in [-0.39, 0.29) is 12.0 Å². The molecule has 0 spiro atoms. The summed E-state index contributed by atoms with van der Waals surface area (Å²) < 4.78 is 18.7. The van der Waals surface area contributed by atoms with E-state index in [4.69, 9.17) is 4.74 Å². The lowest BCUT2D eigenvalue weighted by atomic mass is 10.0. The molecule has 0 radical (unpaired) electrons. The van der Waals surface area contributed by atoms with Gasteiger partial charge in [0, 0.05) is 26.2 Å². The van der Waals surface area contributed by atoms with Crippen LogP contribution in [0.5, 0.6) is 5.75 Å². The zero-order chi connectivity index (χ0) is 20.9. The molecule has 156 valence electrons. The first-order chi connectivity index (χ1) is 14.6. The molecule has 30 heavy (non-hydrogen) atoms. The van der Waals surface area contributed by atoms with E-state index in [1.165, 1.54) is 16.7 Å². The van der Waals surface area contributed by atoms with Gasteiger partial charge >= 0.3 is 0 Å². The topological polar surface area (TPSA) is 15.7 Å². The number of methoxy groups -OCH3 is 1. The van der Waals surface area contributed by atoms with Crippen molar-refractivity contribution in [2.45, 2.75) is 32.6 Å². The Morgan fingerprint density at radius 1 is 0.800 bits per heavy atom. The van der Waals surface area contributed by atoms with Gasteiger partial charge in [-0.2, -0.15) is 0 Å². The lowest BCUT2D eigenvalue weighted by Gasteiger charge is -2.44. The summed E-state index contributed by atoms with van der Waals surface area (Å²) >= 11 is 0. The maximum Gasteiger partial charge on any atom is 0.123 e. The first kappa shape index (κ1) is 20.6. The molecule has 1 fully saturated rings. The molecule has 4 heteroatoms. The number of aryl methyl sites for hydroxylation is 1. The molecule has 1 aliphatic rings. The number of nitrogens with zero attached hydrogens (tertiary/aromatic N) is 2. The monoisotopic (exact) mass is 404 g/mol. The highest BCUT2D eigenvalue weighted by molar-refractivity contribution is 5.30. The number of hydrogen-bond donors (Lipinski definition) is 0. The van der Waals surface area contributed by atoms with Crippen molar-refractivity contribution >= 4 is 0 Å². The first-order valence-corrected chi connectivity index (χ1v) is 10.5. The van der Waals surface area contributed by atoms with E-state index in [1.54, 1.807) is 19.2 Å². The van der Waals surface area contributed by atoms with Crippen molar-refractivity contribution in [3.8, 4) is 5.75 Å².